The molecule has 1 aliphatic carbocycles. The van der Waals surface area contributed by atoms with Crippen molar-refractivity contribution in [1.29, 1.82) is 0 Å². The van der Waals surface area contributed by atoms with Crippen molar-refractivity contribution >= 4 is 0 Å². The van der Waals surface area contributed by atoms with E-state index in [1.807, 2.05) is 0 Å². The molecule has 1 aliphatic rings. The van der Waals surface area contributed by atoms with Gasteiger partial charge in [0.1, 0.15) is 0 Å². The van der Waals surface area contributed by atoms with Crippen LogP contribution in [0.3, 0.4) is 0 Å². The van der Waals surface area contributed by atoms with Gasteiger partial charge < -0.3 is 15.3 Å². The van der Waals surface area contributed by atoms with Crippen LogP contribution in [0.1, 0.15) is 26.7 Å². The summed E-state index contributed by atoms with van der Waals surface area (Å²) in [4.78, 5) is 2.16. The summed E-state index contributed by atoms with van der Waals surface area (Å²) < 4.78 is 0. The fourth-order valence-corrected chi connectivity index (χ4v) is 2.76. The summed E-state index contributed by atoms with van der Waals surface area (Å²) in [6, 6.07) is 0.251. The van der Waals surface area contributed by atoms with Gasteiger partial charge in [-0.05, 0) is 45.7 Å². The second kappa shape index (κ2) is 7.14. The van der Waals surface area contributed by atoms with Crippen molar-refractivity contribution < 1.29 is 5.11 Å². The Morgan fingerprint density at radius 3 is 2.76 bits per heavy atom. The fraction of sp³-hybridized carbons (Fsp3) is 0.857. The molecule has 0 aromatic carbocycles. The Morgan fingerprint density at radius 1 is 1.53 bits per heavy atom. The van der Waals surface area contributed by atoms with Gasteiger partial charge in [-0.2, -0.15) is 0 Å². The molecule has 3 heteroatoms. The molecule has 0 saturated heterocycles. The number of rotatable bonds is 6. The second-order valence-electron chi connectivity index (χ2n) is 5.74. The highest BCUT2D eigenvalue weighted by atomic mass is 16.3. The Labute approximate surface area is 106 Å². The van der Waals surface area contributed by atoms with E-state index < -0.39 is 0 Å². The molecule has 1 rings (SSSR count). The molecule has 0 heterocycles. The summed E-state index contributed by atoms with van der Waals surface area (Å²) in [6.45, 7) is 6.69. The molecule has 0 aromatic heterocycles. The topological polar surface area (TPSA) is 35.5 Å². The van der Waals surface area contributed by atoms with Crippen molar-refractivity contribution in [3.05, 3.63) is 11.6 Å². The number of likely N-dealkylation sites (N-methyl/N-ethyl adjacent to an activating group) is 1. The van der Waals surface area contributed by atoms with Crippen LogP contribution in [0.25, 0.3) is 0 Å². The molecule has 0 saturated carbocycles. The molecule has 0 radical (unpaired) electrons. The Morgan fingerprint density at radius 2 is 2.24 bits per heavy atom. The lowest BCUT2D eigenvalue weighted by Crippen LogP contribution is -2.43. The van der Waals surface area contributed by atoms with E-state index in [2.05, 4.69) is 44.2 Å². The fourth-order valence-electron chi connectivity index (χ4n) is 2.76. The van der Waals surface area contributed by atoms with E-state index in [4.69, 9.17) is 0 Å². The standard InChI is InChI=1S/C14H28N2O/c1-11-7-12(2)9-13(8-11)14(10-17)15-5-6-16(3)4/h7,11,13-15,17H,5-6,8-10H2,1-4H3. The van der Waals surface area contributed by atoms with Crippen LogP contribution in [-0.2, 0) is 0 Å². The molecule has 0 aliphatic heterocycles. The Bertz CT molecular complexity index is 251. The zero-order valence-electron chi connectivity index (χ0n) is 11.7. The first kappa shape index (κ1) is 14.7. The summed E-state index contributed by atoms with van der Waals surface area (Å²) in [6.07, 6.45) is 4.69. The van der Waals surface area contributed by atoms with E-state index in [-0.39, 0.29) is 12.6 Å². The molecular weight excluding hydrogens is 212 g/mol. The molecule has 2 N–H and O–H groups in total. The quantitative estimate of drug-likeness (QED) is 0.691. The van der Waals surface area contributed by atoms with Gasteiger partial charge in [-0.25, -0.2) is 0 Å². The van der Waals surface area contributed by atoms with E-state index in [9.17, 15) is 5.11 Å². The van der Waals surface area contributed by atoms with E-state index >= 15 is 0 Å². The molecule has 0 fully saturated rings. The van der Waals surface area contributed by atoms with Crippen LogP contribution < -0.4 is 5.32 Å². The maximum atomic E-state index is 9.52. The molecule has 17 heavy (non-hydrogen) atoms. The Hall–Kier alpha value is -0.380. The van der Waals surface area contributed by atoms with Crippen molar-refractivity contribution in [1.82, 2.24) is 10.2 Å². The molecule has 0 bridgehead atoms. The minimum absolute atomic E-state index is 0.248. The zero-order valence-corrected chi connectivity index (χ0v) is 11.7. The highest BCUT2D eigenvalue weighted by Crippen LogP contribution is 2.29. The van der Waals surface area contributed by atoms with Gasteiger partial charge in [0.25, 0.3) is 0 Å². The van der Waals surface area contributed by atoms with Crippen LogP contribution in [-0.4, -0.2) is 49.8 Å². The lowest BCUT2D eigenvalue weighted by molar-refractivity contribution is 0.178. The maximum absolute atomic E-state index is 9.52. The van der Waals surface area contributed by atoms with Crippen LogP contribution in [0.4, 0.5) is 0 Å². The van der Waals surface area contributed by atoms with Crippen LogP contribution in [0.15, 0.2) is 11.6 Å². The van der Waals surface area contributed by atoms with E-state index in [1.165, 1.54) is 12.0 Å². The summed E-state index contributed by atoms with van der Waals surface area (Å²) in [5.41, 5.74) is 1.47. The molecular formula is C14H28N2O. The molecule has 0 aromatic rings. The van der Waals surface area contributed by atoms with Crippen LogP contribution >= 0.6 is 0 Å². The smallest absolute Gasteiger partial charge is 0.0587 e. The zero-order chi connectivity index (χ0) is 12.8. The van der Waals surface area contributed by atoms with Gasteiger partial charge in [-0.15, -0.1) is 0 Å². The Kier molecular flexibility index (Phi) is 6.17. The van der Waals surface area contributed by atoms with Gasteiger partial charge in [0.05, 0.1) is 6.61 Å². The number of aliphatic hydroxyl groups excluding tert-OH is 1. The van der Waals surface area contributed by atoms with E-state index in [0.29, 0.717) is 11.8 Å². The molecule has 3 atom stereocenters. The summed E-state index contributed by atoms with van der Waals surface area (Å²) in [5.74, 6) is 1.24. The Balaban J connectivity index is 2.42. The number of allylic oxidation sites excluding steroid dienone is 2. The van der Waals surface area contributed by atoms with Gasteiger partial charge in [0.2, 0.25) is 0 Å². The SMILES string of the molecule is CC1=CC(C)CC(C(CO)NCCN(C)C)C1. The van der Waals surface area contributed by atoms with Gasteiger partial charge in [-0.1, -0.05) is 18.6 Å². The van der Waals surface area contributed by atoms with E-state index in [0.717, 1.165) is 19.5 Å². The highest BCUT2D eigenvalue weighted by molar-refractivity contribution is 5.07. The monoisotopic (exact) mass is 240 g/mol. The minimum Gasteiger partial charge on any atom is -0.395 e. The number of nitrogens with one attached hydrogen (secondary N) is 1. The van der Waals surface area contributed by atoms with Gasteiger partial charge >= 0.3 is 0 Å². The average Bonchev–Trinajstić information content (AvgIpc) is 2.22. The number of hydrogen-bond donors (Lipinski definition) is 2. The van der Waals surface area contributed by atoms with Crippen molar-refractivity contribution in [2.24, 2.45) is 11.8 Å². The molecule has 100 valence electrons. The normalized spacial score (nSPS) is 27.1. The van der Waals surface area contributed by atoms with Crippen molar-refractivity contribution in [3.8, 4) is 0 Å². The number of nitrogens with zero attached hydrogens (tertiary/aromatic N) is 1. The summed E-state index contributed by atoms with van der Waals surface area (Å²) in [5, 5.41) is 13.0. The summed E-state index contributed by atoms with van der Waals surface area (Å²) >= 11 is 0. The largest absolute Gasteiger partial charge is 0.395 e. The van der Waals surface area contributed by atoms with Gasteiger partial charge in [0, 0.05) is 19.1 Å². The maximum Gasteiger partial charge on any atom is 0.0587 e. The lowest BCUT2D eigenvalue weighted by atomic mass is 9.80. The summed E-state index contributed by atoms with van der Waals surface area (Å²) in [7, 11) is 4.15. The number of aliphatic hydroxyl groups is 1. The lowest BCUT2D eigenvalue weighted by Gasteiger charge is -2.32. The van der Waals surface area contributed by atoms with Gasteiger partial charge in [-0.3, -0.25) is 0 Å². The first-order valence-electron chi connectivity index (χ1n) is 6.69. The third-order valence-electron chi connectivity index (χ3n) is 3.56. The van der Waals surface area contributed by atoms with Crippen molar-refractivity contribution in [3.63, 3.8) is 0 Å². The van der Waals surface area contributed by atoms with Crippen molar-refractivity contribution in [2.45, 2.75) is 32.7 Å². The molecule has 0 amide bonds. The number of hydrogen-bond acceptors (Lipinski definition) is 3. The van der Waals surface area contributed by atoms with Gasteiger partial charge in [0.15, 0.2) is 0 Å². The van der Waals surface area contributed by atoms with Crippen molar-refractivity contribution in [2.75, 3.05) is 33.8 Å². The molecule has 3 nitrogen and oxygen atoms in total. The van der Waals surface area contributed by atoms with Crippen LogP contribution in [0, 0.1) is 11.8 Å². The van der Waals surface area contributed by atoms with Crippen LogP contribution in [0.2, 0.25) is 0 Å². The second-order valence-corrected chi connectivity index (χ2v) is 5.74. The molecule has 3 unspecified atom stereocenters. The minimum atomic E-state index is 0.248. The predicted molar refractivity (Wildman–Crippen MR) is 73.1 cm³/mol. The first-order valence-corrected chi connectivity index (χ1v) is 6.69. The molecule has 0 spiro atoms. The third kappa shape index (κ3) is 5.19. The first-order chi connectivity index (χ1) is 8.02. The van der Waals surface area contributed by atoms with E-state index in [1.54, 1.807) is 0 Å². The average molecular weight is 240 g/mol. The van der Waals surface area contributed by atoms with Crippen LogP contribution in [0.5, 0.6) is 0 Å². The third-order valence-corrected chi connectivity index (χ3v) is 3.56. The predicted octanol–water partition coefficient (Wildman–Crippen LogP) is 1.49. The highest BCUT2D eigenvalue weighted by Gasteiger charge is 2.25.